The number of ether oxygens (including phenoxy) is 4. The van der Waals surface area contributed by atoms with Crippen molar-refractivity contribution in [3.8, 4) is 23.0 Å². The van der Waals surface area contributed by atoms with Crippen LogP contribution in [0.25, 0.3) is 6.08 Å². The van der Waals surface area contributed by atoms with E-state index in [1.54, 1.807) is 50.4 Å². The summed E-state index contributed by atoms with van der Waals surface area (Å²) >= 11 is 0. The van der Waals surface area contributed by atoms with Gasteiger partial charge in [0.25, 0.3) is 0 Å². The van der Waals surface area contributed by atoms with Gasteiger partial charge in [-0.25, -0.2) is 0 Å². The highest BCUT2D eigenvalue weighted by Crippen LogP contribution is 2.39. The number of ketones is 1. The summed E-state index contributed by atoms with van der Waals surface area (Å²) in [4.78, 5) is 12.8. The number of rotatable bonds is 6. The van der Waals surface area contributed by atoms with Crippen LogP contribution in [-0.2, 0) is 0 Å². The van der Waals surface area contributed by atoms with Crippen molar-refractivity contribution in [2.24, 2.45) is 0 Å². The van der Waals surface area contributed by atoms with Gasteiger partial charge >= 0.3 is 0 Å². The molecule has 26 heavy (non-hydrogen) atoms. The predicted molar refractivity (Wildman–Crippen MR) is 99.1 cm³/mol. The maximum Gasteiger partial charge on any atom is 0.231 e. The SMILES string of the molecule is CCOc1cc(C(=O)C(C)=Cc2cc3c(cc2OC)OCO3)ccc1N. The van der Waals surface area contributed by atoms with Crippen molar-refractivity contribution in [2.45, 2.75) is 13.8 Å². The van der Waals surface area contributed by atoms with Gasteiger partial charge in [-0.15, -0.1) is 0 Å². The van der Waals surface area contributed by atoms with E-state index < -0.39 is 0 Å². The predicted octanol–water partition coefficient (Wildman–Crippen LogP) is 3.69. The molecule has 0 fully saturated rings. The number of hydrogen-bond donors (Lipinski definition) is 1. The number of carbonyl (C=O) groups excluding carboxylic acids is 1. The maximum absolute atomic E-state index is 12.8. The molecule has 0 aromatic heterocycles. The fraction of sp³-hybridized carbons (Fsp3) is 0.250. The Morgan fingerprint density at radius 1 is 1.19 bits per heavy atom. The molecule has 6 heteroatoms. The lowest BCUT2D eigenvalue weighted by Crippen LogP contribution is -2.04. The minimum atomic E-state index is -0.120. The first-order valence-electron chi connectivity index (χ1n) is 8.26. The van der Waals surface area contributed by atoms with Crippen LogP contribution in [0, 0.1) is 0 Å². The highest BCUT2D eigenvalue weighted by molar-refractivity contribution is 6.11. The third-order valence-electron chi connectivity index (χ3n) is 4.03. The molecule has 0 saturated carbocycles. The van der Waals surface area contributed by atoms with Gasteiger partial charge in [-0.3, -0.25) is 4.79 Å². The van der Waals surface area contributed by atoms with E-state index in [9.17, 15) is 4.79 Å². The lowest BCUT2D eigenvalue weighted by molar-refractivity contribution is 0.103. The fourth-order valence-electron chi connectivity index (χ4n) is 2.71. The van der Waals surface area contributed by atoms with Crippen LogP contribution < -0.4 is 24.7 Å². The van der Waals surface area contributed by atoms with Crippen LogP contribution in [0.15, 0.2) is 35.9 Å². The lowest BCUT2D eigenvalue weighted by atomic mass is 10.0. The largest absolute Gasteiger partial charge is 0.496 e. The molecule has 1 aliphatic rings. The third kappa shape index (κ3) is 3.44. The van der Waals surface area contributed by atoms with Crippen molar-refractivity contribution in [2.75, 3.05) is 26.2 Å². The summed E-state index contributed by atoms with van der Waals surface area (Å²) in [6, 6.07) is 8.57. The van der Waals surface area contributed by atoms with Crippen molar-refractivity contribution >= 4 is 17.5 Å². The van der Waals surface area contributed by atoms with Crippen LogP contribution in [0.3, 0.4) is 0 Å². The molecule has 136 valence electrons. The van der Waals surface area contributed by atoms with Gasteiger partial charge in [-0.2, -0.15) is 0 Å². The number of carbonyl (C=O) groups is 1. The van der Waals surface area contributed by atoms with Gasteiger partial charge in [0, 0.05) is 17.2 Å². The number of Topliss-reactive ketones (excluding diaryl/α,β-unsaturated/α-hetero) is 1. The molecule has 1 aliphatic heterocycles. The second-order valence-electron chi connectivity index (χ2n) is 5.79. The van der Waals surface area contributed by atoms with Crippen molar-refractivity contribution in [1.29, 1.82) is 0 Å². The number of methoxy groups -OCH3 is 1. The Hall–Kier alpha value is -3.15. The van der Waals surface area contributed by atoms with E-state index in [0.29, 0.717) is 46.4 Å². The molecular weight excluding hydrogens is 334 g/mol. The van der Waals surface area contributed by atoms with Crippen molar-refractivity contribution in [3.05, 3.63) is 47.0 Å². The summed E-state index contributed by atoms with van der Waals surface area (Å²) in [6.07, 6.45) is 1.76. The molecule has 2 aromatic rings. The van der Waals surface area contributed by atoms with E-state index in [1.165, 1.54) is 0 Å². The Labute approximate surface area is 152 Å². The third-order valence-corrected chi connectivity index (χ3v) is 4.03. The summed E-state index contributed by atoms with van der Waals surface area (Å²) in [6.45, 7) is 4.27. The highest BCUT2D eigenvalue weighted by atomic mass is 16.7. The van der Waals surface area contributed by atoms with Gasteiger partial charge in [0.2, 0.25) is 6.79 Å². The molecule has 0 aliphatic carbocycles. The minimum absolute atomic E-state index is 0.120. The van der Waals surface area contributed by atoms with Crippen molar-refractivity contribution in [1.82, 2.24) is 0 Å². The monoisotopic (exact) mass is 355 g/mol. The topological polar surface area (TPSA) is 80.0 Å². The van der Waals surface area contributed by atoms with Crippen LogP contribution in [-0.4, -0.2) is 26.3 Å². The summed E-state index contributed by atoms with van der Waals surface area (Å²) in [7, 11) is 1.57. The van der Waals surface area contributed by atoms with Gasteiger partial charge < -0.3 is 24.7 Å². The quantitative estimate of drug-likeness (QED) is 0.484. The lowest BCUT2D eigenvalue weighted by Gasteiger charge is -2.10. The maximum atomic E-state index is 12.8. The van der Waals surface area contributed by atoms with E-state index in [0.717, 1.165) is 5.56 Å². The minimum Gasteiger partial charge on any atom is -0.496 e. The number of allylic oxidation sites excluding steroid dienone is 1. The molecule has 0 saturated heterocycles. The first-order valence-corrected chi connectivity index (χ1v) is 8.26. The summed E-state index contributed by atoms with van der Waals surface area (Å²) in [5, 5.41) is 0. The number of fused-ring (bicyclic) bond motifs is 1. The number of hydrogen-bond acceptors (Lipinski definition) is 6. The second-order valence-corrected chi connectivity index (χ2v) is 5.79. The average molecular weight is 355 g/mol. The van der Waals surface area contributed by atoms with Gasteiger partial charge in [-0.1, -0.05) is 0 Å². The normalized spacial score (nSPS) is 12.8. The summed E-state index contributed by atoms with van der Waals surface area (Å²) < 4.78 is 21.6. The first kappa shape index (κ1) is 17.7. The number of nitrogens with two attached hydrogens (primary N) is 1. The molecule has 2 N–H and O–H groups in total. The average Bonchev–Trinajstić information content (AvgIpc) is 3.09. The molecule has 0 atom stereocenters. The number of anilines is 1. The zero-order chi connectivity index (χ0) is 18.7. The molecule has 0 spiro atoms. The van der Waals surface area contributed by atoms with Crippen LogP contribution in [0.2, 0.25) is 0 Å². The van der Waals surface area contributed by atoms with Crippen LogP contribution in [0.5, 0.6) is 23.0 Å². The first-order chi connectivity index (χ1) is 12.5. The van der Waals surface area contributed by atoms with E-state index in [1.807, 2.05) is 6.92 Å². The van der Waals surface area contributed by atoms with Gasteiger partial charge in [0.1, 0.15) is 11.5 Å². The van der Waals surface area contributed by atoms with E-state index >= 15 is 0 Å². The standard InChI is InChI=1S/C20H21NO5/c1-4-24-17-8-13(5-6-15(17)21)20(22)12(2)7-14-9-18-19(26-11-25-18)10-16(14)23-3/h5-10H,4,11,21H2,1-3H3. The van der Waals surface area contributed by atoms with Gasteiger partial charge in [0.15, 0.2) is 17.3 Å². The number of nitrogen functional groups attached to an aromatic ring is 1. The Balaban J connectivity index is 1.93. The Morgan fingerprint density at radius 2 is 1.92 bits per heavy atom. The highest BCUT2D eigenvalue weighted by Gasteiger charge is 2.18. The second kappa shape index (κ2) is 7.39. The Morgan fingerprint density at radius 3 is 2.62 bits per heavy atom. The van der Waals surface area contributed by atoms with E-state index in [-0.39, 0.29) is 12.6 Å². The molecule has 0 radical (unpaired) electrons. The molecule has 2 aromatic carbocycles. The van der Waals surface area contributed by atoms with Crippen LogP contribution >= 0.6 is 0 Å². The van der Waals surface area contributed by atoms with Gasteiger partial charge in [-0.05, 0) is 49.8 Å². The Kier molecular flexibility index (Phi) is 5.02. The van der Waals surface area contributed by atoms with Gasteiger partial charge in [0.05, 0.1) is 19.4 Å². The fourth-order valence-corrected chi connectivity index (χ4v) is 2.71. The van der Waals surface area contributed by atoms with Crippen molar-refractivity contribution < 1.29 is 23.7 Å². The molecule has 3 rings (SSSR count). The molecule has 0 bridgehead atoms. The summed E-state index contributed by atoms with van der Waals surface area (Å²) in [5.41, 5.74) is 8.17. The van der Waals surface area contributed by atoms with E-state index in [4.69, 9.17) is 24.7 Å². The zero-order valence-corrected chi connectivity index (χ0v) is 15.0. The molecule has 0 amide bonds. The molecular formula is C20H21NO5. The number of benzene rings is 2. The summed E-state index contributed by atoms with van der Waals surface area (Å²) in [5.74, 6) is 2.25. The zero-order valence-electron chi connectivity index (χ0n) is 15.0. The van der Waals surface area contributed by atoms with Crippen molar-refractivity contribution in [3.63, 3.8) is 0 Å². The smallest absolute Gasteiger partial charge is 0.231 e. The Bertz CT molecular complexity index is 873. The van der Waals surface area contributed by atoms with E-state index in [2.05, 4.69) is 0 Å². The molecule has 6 nitrogen and oxygen atoms in total. The van der Waals surface area contributed by atoms with Crippen LogP contribution in [0.4, 0.5) is 5.69 Å². The molecule has 0 unspecified atom stereocenters. The molecule has 1 heterocycles. The van der Waals surface area contributed by atoms with Crippen LogP contribution in [0.1, 0.15) is 29.8 Å².